The third kappa shape index (κ3) is 3.60. The third-order valence-corrected chi connectivity index (χ3v) is 4.19. The van der Waals surface area contributed by atoms with Crippen molar-refractivity contribution < 1.29 is 14.6 Å². The lowest BCUT2D eigenvalue weighted by molar-refractivity contribution is 0.0684. The smallest absolute Gasteiger partial charge is 0.336 e. The van der Waals surface area contributed by atoms with E-state index in [-0.39, 0.29) is 12.2 Å². The van der Waals surface area contributed by atoms with Crippen molar-refractivity contribution in [2.45, 2.75) is 13.2 Å². The Morgan fingerprint density at radius 2 is 1.70 bits per heavy atom. The van der Waals surface area contributed by atoms with Crippen LogP contribution in [0.4, 0.5) is 0 Å². The molecule has 1 N–H and O–H groups in total. The molecule has 0 saturated heterocycles. The van der Waals surface area contributed by atoms with Gasteiger partial charge in [-0.3, -0.25) is 0 Å². The fourth-order valence-corrected chi connectivity index (χ4v) is 2.99. The average molecular weight is 371 g/mol. The van der Waals surface area contributed by atoms with Crippen molar-refractivity contribution in [3.05, 3.63) is 81.8 Å². The van der Waals surface area contributed by atoms with Crippen LogP contribution < -0.4 is 0 Å². The van der Waals surface area contributed by atoms with Crippen molar-refractivity contribution in [1.82, 2.24) is 0 Å². The lowest BCUT2D eigenvalue weighted by atomic mass is 10.1. The van der Waals surface area contributed by atoms with Gasteiger partial charge in [0.25, 0.3) is 0 Å². The second-order valence-electron chi connectivity index (χ2n) is 5.24. The van der Waals surface area contributed by atoms with Crippen molar-refractivity contribution in [3.63, 3.8) is 0 Å². The van der Waals surface area contributed by atoms with E-state index < -0.39 is 5.97 Å². The van der Waals surface area contributed by atoms with Crippen LogP contribution in [0.3, 0.4) is 0 Å². The largest absolute Gasteiger partial charge is 0.478 e. The standard InChI is InChI=1S/C19H15BrO3/c20-16-8-9-18(19(21)22)15(10-16)12-23-11-14-6-3-5-13-4-1-2-7-17(13)14/h1-10H,11-12H2,(H,21,22). The monoisotopic (exact) mass is 370 g/mol. The highest BCUT2D eigenvalue weighted by molar-refractivity contribution is 9.10. The molecule has 3 aromatic carbocycles. The van der Waals surface area contributed by atoms with E-state index in [1.54, 1.807) is 18.2 Å². The van der Waals surface area contributed by atoms with Gasteiger partial charge in [0, 0.05) is 4.47 Å². The van der Waals surface area contributed by atoms with Crippen LogP contribution >= 0.6 is 15.9 Å². The van der Waals surface area contributed by atoms with E-state index in [9.17, 15) is 9.90 Å². The van der Waals surface area contributed by atoms with E-state index in [0.29, 0.717) is 12.2 Å². The zero-order valence-electron chi connectivity index (χ0n) is 12.3. The molecule has 0 aliphatic heterocycles. The van der Waals surface area contributed by atoms with Gasteiger partial charge >= 0.3 is 5.97 Å². The zero-order chi connectivity index (χ0) is 16.2. The number of rotatable bonds is 5. The van der Waals surface area contributed by atoms with Gasteiger partial charge in [-0.2, -0.15) is 0 Å². The first-order valence-electron chi connectivity index (χ1n) is 7.21. The number of hydrogen-bond donors (Lipinski definition) is 1. The lowest BCUT2D eigenvalue weighted by Gasteiger charge is -2.10. The average Bonchev–Trinajstić information content (AvgIpc) is 2.55. The van der Waals surface area contributed by atoms with Gasteiger partial charge in [0.05, 0.1) is 18.8 Å². The first kappa shape index (κ1) is 15.7. The predicted octanol–water partition coefficient (Wildman–Crippen LogP) is 5.02. The Kier molecular flexibility index (Phi) is 4.74. The van der Waals surface area contributed by atoms with Crippen molar-refractivity contribution in [2.75, 3.05) is 0 Å². The van der Waals surface area contributed by atoms with Gasteiger partial charge in [-0.1, -0.05) is 58.4 Å². The van der Waals surface area contributed by atoms with Crippen LogP contribution in [0, 0.1) is 0 Å². The van der Waals surface area contributed by atoms with Gasteiger partial charge in [-0.15, -0.1) is 0 Å². The van der Waals surface area contributed by atoms with E-state index in [4.69, 9.17) is 4.74 Å². The molecule has 0 heterocycles. The normalized spacial score (nSPS) is 10.8. The quantitative estimate of drug-likeness (QED) is 0.685. The Labute approximate surface area is 142 Å². The number of benzene rings is 3. The molecule has 3 aromatic rings. The summed E-state index contributed by atoms with van der Waals surface area (Å²) >= 11 is 3.37. The second-order valence-corrected chi connectivity index (χ2v) is 6.15. The predicted molar refractivity (Wildman–Crippen MR) is 93.5 cm³/mol. The first-order chi connectivity index (χ1) is 11.1. The molecule has 116 valence electrons. The molecule has 23 heavy (non-hydrogen) atoms. The molecule has 0 aliphatic carbocycles. The van der Waals surface area contributed by atoms with Crippen LogP contribution in [-0.4, -0.2) is 11.1 Å². The highest BCUT2D eigenvalue weighted by Crippen LogP contribution is 2.21. The maximum absolute atomic E-state index is 11.3. The van der Waals surface area contributed by atoms with E-state index in [1.807, 2.05) is 24.3 Å². The minimum Gasteiger partial charge on any atom is -0.478 e. The molecular weight excluding hydrogens is 356 g/mol. The molecule has 3 rings (SSSR count). The number of fused-ring (bicyclic) bond motifs is 1. The van der Waals surface area contributed by atoms with E-state index in [0.717, 1.165) is 15.4 Å². The molecular formula is C19H15BrO3. The summed E-state index contributed by atoms with van der Waals surface area (Å²) in [6.07, 6.45) is 0. The van der Waals surface area contributed by atoms with Crippen LogP contribution in [0.5, 0.6) is 0 Å². The Balaban J connectivity index is 1.77. The Morgan fingerprint density at radius 3 is 2.52 bits per heavy atom. The van der Waals surface area contributed by atoms with Crippen LogP contribution in [0.2, 0.25) is 0 Å². The summed E-state index contributed by atoms with van der Waals surface area (Å²) in [7, 11) is 0. The molecule has 0 aromatic heterocycles. The molecule has 0 aliphatic rings. The van der Waals surface area contributed by atoms with Crippen molar-refractivity contribution in [3.8, 4) is 0 Å². The van der Waals surface area contributed by atoms with Gasteiger partial charge in [0.2, 0.25) is 0 Å². The molecule has 3 nitrogen and oxygen atoms in total. The lowest BCUT2D eigenvalue weighted by Crippen LogP contribution is -2.04. The molecule has 0 atom stereocenters. The second kappa shape index (κ2) is 6.94. The summed E-state index contributed by atoms with van der Waals surface area (Å²) in [5.74, 6) is -0.943. The number of ether oxygens (including phenoxy) is 1. The molecule has 0 unspecified atom stereocenters. The van der Waals surface area contributed by atoms with Crippen LogP contribution in [0.15, 0.2) is 65.1 Å². The molecule has 0 saturated carbocycles. The van der Waals surface area contributed by atoms with Gasteiger partial charge in [-0.25, -0.2) is 4.79 Å². The zero-order valence-corrected chi connectivity index (χ0v) is 13.9. The van der Waals surface area contributed by atoms with Gasteiger partial charge in [-0.05, 0) is 40.1 Å². The number of carbonyl (C=O) groups is 1. The fraction of sp³-hybridized carbons (Fsp3) is 0.105. The molecule has 0 bridgehead atoms. The van der Waals surface area contributed by atoms with Crippen LogP contribution in [0.25, 0.3) is 10.8 Å². The number of hydrogen-bond acceptors (Lipinski definition) is 2. The minimum atomic E-state index is -0.943. The van der Waals surface area contributed by atoms with Gasteiger partial charge in [0.15, 0.2) is 0 Å². The van der Waals surface area contributed by atoms with Crippen molar-refractivity contribution in [1.29, 1.82) is 0 Å². The summed E-state index contributed by atoms with van der Waals surface area (Å²) < 4.78 is 6.61. The summed E-state index contributed by atoms with van der Waals surface area (Å²) in [4.78, 5) is 11.3. The van der Waals surface area contributed by atoms with Crippen molar-refractivity contribution >= 4 is 32.7 Å². The maximum Gasteiger partial charge on any atom is 0.336 e. The molecule has 0 fully saturated rings. The summed E-state index contributed by atoms with van der Waals surface area (Å²) in [6.45, 7) is 0.692. The van der Waals surface area contributed by atoms with E-state index in [2.05, 4.69) is 34.1 Å². The molecule has 0 amide bonds. The van der Waals surface area contributed by atoms with Gasteiger partial charge < -0.3 is 9.84 Å². The Hall–Kier alpha value is -2.17. The highest BCUT2D eigenvalue weighted by atomic mass is 79.9. The fourth-order valence-electron chi connectivity index (χ4n) is 2.58. The molecule has 0 spiro atoms. The number of halogens is 1. The number of carboxylic acids is 1. The molecule has 4 heteroatoms. The maximum atomic E-state index is 11.3. The summed E-state index contributed by atoms with van der Waals surface area (Å²) in [5, 5.41) is 11.6. The Bertz CT molecular complexity index is 853. The van der Waals surface area contributed by atoms with Crippen LogP contribution in [0.1, 0.15) is 21.5 Å². The molecule has 0 radical (unpaired) electrons. The minimum absolute atomic E-state index is 0.254. The third-order valence-electron chi connectivity index (χ3n) is 3.69. The first-order valence-corrected chi connectivity index (χ1v) is 8.00. The van der Waals surface area contributed by atoms with Crippen molar-refractivity contribution in [2.24, 2.45) is 0 Å². The van der Waals surface area contributed by atoms with Crippen LogP contribution in [-0.2, 0) is 18.0 Å². The summed E-state index contributed by atoms with van der Waals surface area (Å²) in [6, 6.07) is 19.3. The topological polar surface area (TPSA) is 46.5 Å². The number of carboxylic acid groups (broad SMARTS) is 1. The Morgan fingerprint density at radius 1 is 0.957 bits per heavy atom. The number of aromatic carboxylic acids is 1. The highest BCUT2D eigenvalue weighted by Gasteiger charge is 2.10. The SMILES string of the molecule is O=C(O)c1ccc(Br)cc1COCc1cccc2ccccc12. The van der Waals surface area contributed by atoms with Gasteiger partial charge in [0.1, 0.15) is 0 Å². The van der Waals surface area contributed by atoms with E-state index >= 15 is 0 Å². The van der Waals surface area contributed by atoms with E-state index in [1.165, 1.54) is 5.39 Å². The summed E-state index contributed by atoms with van der Waals surface area (Å²) in [5.41, 5.74) is 2.02.